The van der Waals surface area contributed by atoms with Gasteiger partial charge in [0.25, 0.3) is 5.56 Å². The standard InChI is InChI=1S/C18H28N4O4S/c1-3-4-5-6-7-8-9-10-11-22-14-15(19-18(22)27-12-13(23)24)21(2)17(26)20-16(14)25/h3-12H2,1-2H3,(H,23,24)(H,20,25,26). The number of nitrogens with one attached hydrogen (secondary N) is 1. The van der Waals surface area contributed by atoms with E-state index in [-0.39, 0.29) is 11.4 Å². The first-order chi connectivity index (χ1) is 13.0. The van der Waals surface area contributed by atoms with Crippen LogP contribution in [0, 0.1) is 0 Å². The van der Waals surface area contributed by atoms with E-state index >= 15 is 0 Å². The largest absolute Gasteiger partial charge is 0.481 e. The van der Waals surface area contributed by atoms with Crippen LogP contribution in [-0.2, 0) is 18.4 Å². The van der Waals surface area contributed by atoms with E-state index < -0.39 is 17.2 Å². The number of carbonyl (C=O) groups is 1. The highest BCUT2D eigenvalue weighted by atomic mass is 32.2. The molecule has 2 heterocycles. The van der Waals surface area contributed by atoms with Crippen molar-refractivity contribution in [2.24, 2.45) is 7.05 Å². The summed E-state index contributed by atoms with van der Waals surface area (Å²) in [6.45, 7) is 2.78. The van der Waals surface area contributed by atoms with Crippen molar-refractivity contribution >= 4 is 28.9 Å². The van der Waals surface area contributed by atoms with E-state index in [1.165, 1.54) is 36.7 Å². The lowest BCUT2D eigenvalue weighted by atomic mass is 10.1. The predicted molar refractivity (Wildman–Crippen MR) is 107 cm³/mol. The quantitative estimate of drug-likeness (QED) is 0.422. The Bertz CT molecular complexity index is 884. The molecule has 0 saturated carbocycles. The summed E-state index contributed by atoms with van der Waals surface area (Å²) in [5.41, 5.74) is -0.398. The zero-order valence-corrected chi connectivity index (χ0v) is 16.8. The highest BCUT2D eigenvalue weighted by molar-refractivity contribution is 7.99. The molecule has 2 rings (SSSR count). The van der Waals surface area contributed by atoms with E-state index in [1.54, 1.807) is 11.6 Å². The van der Waals surface area contributed by atoms with Crippen molar-refractivity contribution in [2.75, 3.05) is 5.75 Å². The van der Waals surface area contributed by atoms with Gasteiger partial charge in [-0.3, -0.25) is 19.1 Å². The second kappa shape index (κ2) is 10.3. The predicted octanol–water partition coefficient (Wildman–Crippen LogP) is 2.74. The molecule has 0 spiro atoms. The van der Waals surface area contributed by atoms with Gasteiger partial charge in [0, 0.05) is 13.6 Å². The third-order valence-electron chi connectivity index (χ3n) is 4.53. The summed E-state index contributed by atoms with van der Waals surface area (Å²) in [5.74, 6) is -1.10. The maximum Gasteiger partial charge on any atom is 0.329 e. The fourth-order valence-electron chi connectivity index (χ4n) is 3.06. The Morgan fingerprint density at radius 3 is 2.37 bits per heavy atom. The number of H-pyrrole nitrogens is 1. The number of aromatic nitrogens is 4. The van der Waals surface area contributed by atoms with Crippen LogP contribution in [-0.4, -0.2) is 35.9 Å². The van der Waals surface area contributed by atoms with Gasteiger partial charge in [-0.2, -0.15) is 0 Å². The van der Waals surface area contributed by atoms with Gasteiger partial charge in [0.2, 0.25) is 0 Å². The Labute approximate surface area is 162 Å². The Balaban J connectivity index is 2.11. The average molecular weight is 397 g/mol. The maximum atomic E-state index is 12.3. The SMILES string of the molecule is CCCCCCCCCCn1c(SCC(=O)O)nc2c1c(=O)[nH]c(=O)n2C. The third-order valence-corrected chi connectivity index (χ3v) is 5.49. The summed E-state index contributed by atoms with van der Waals surface area (Å²) in [5, 5.41) is 9.41. The van der Waals surface area contributed by atoms with Crippen molar-refractivity contribution in [3.8, 4) is 0 Å². The van der Waals surface area contributed by atoms with Gasteiger partial charge < -0.3 is 9.67 Å². The summed E-state index contributed by atoms with van der Waals surface area (Å²) in [4.78, 5) is 41.7. The number of rotatable bonds is 12. The number of unbranched alkanes of at least 4 members (excludes halogenated alkanes) is 7. The lowest BCUT2D eigenvalue weighted by molar-refractivity contribution is -0.133. The van der Waals surface area contributed by atoms with Gasteiger partial charge in [-0.1, -0.05) is 63.6 Å². The van der Waals surface area contributed by atoms with E-state index in [1.807, 2.05) is 0 Å². The number of aryl methyl sites for hydroxylation is 2. The van der Waals surface area contributed by atoms with Crippen LogP contribution in [0.5, 0.6) is 0 Å². The van der Waals surface area contributed by atoms with Crippen LogP contribution in [0.25, 0.3) is 11.2 Å². The minimum atomic E-state index is -0.950. The zero-order valence-electron chi connectivity index (χ0n) is 16.0. The molecule has 0 unspecified atom stereocenters. The van der Waals surface area contributed by atoms with Gasteiger partial charge in [-0.15, -0.1) is 0 Å². The van der Waals surface area contributed by atoms with Crippen molar-refractivity contribution in [3.63, 3.8) is 0 Å². The molecule has 0 atom stereocenters. The van der Waals surface area contributed by atoms with Crippen LogP contribution < -0.4 is 11.2 Å². The van der Waals surface area contributed by atoms with Crippen LogP contribution in [0.3, 0.4) is 0 Å². The van der Waals surface area contributed by atoms with Crippen LogP contribution >= 0.6 is 11.8 Å². The number of hydrogen-bond acceptors (Lipinski definition) is 5. The number of aliphatic carboxylic acids is 1. The fourth-order valence-corrected chi connectivity index (χ4v) is 3.80. The second-order valence-corrected chi connectivity index (χ2v) is 7.64. The first-order valence-corrected chi connectivity index (χ1v) is 10.5. The number of aromatic amines is 1. The number of nitrogens with zero attached hydrogens (tertiary/aromatic N) is 3. The zero-order chi connectivity index (χ0) is 19.8. The molecular weight excluding hydrogens is 368 g/mol. The molecule has 9 heteroatoms. The van der Waals surface area contributed by atoms with Crippen LogP contribution in [0.1, 0.15) is 58.3 Å². The highest BCUT2D eigenvalue weighted by Crippen LogP contribution is 2.22. The van der Waals surface area contributed by atoms with E-state index in [9.17, 15) is 14.4 Å². The number of thioether (sulfide) groups is 1. The summed E-state index contributed by atoms with van der Waals surface area (Å²) in [7, 11) is 1.54. The number of carboxylic acids is 1. The van der Waals surface area contributed by atoms with E-state index in [0.717, 1.165) is 31.0 Å². The molecule has 0 aromatic carbocycles. The van der Waals surface area contributed by atoms with Gasteiger partial charge >= 0.3 is 11.7 Å². The second-order valence-electron chi connectivity index (χ2n) is 6.69. The molecule has 0 aliphatic carbocycles. The molecule has 0 radical (unpaired) electrons. The van der Waals surface area contributed by atoms with Crippen molar-refractivity contribution in [1.29, 1.82) is 0 Å². The van der Waals surface area contributed by atoms with Crippen LogP contribution in [0.4, 0.5) is 0 Å². The molecular formula is C18H28N4O4S. The Kier molecular flexibility index (Phi) is 8.15. The third kappa shape index (κ3) is 5.72. The van der Waals surface area contributed by atoms with E-state index in [2.05, 4.69) is 16.9 Å². The van der Waals surface area contributed by atoms with Crippen LogP contribution in [0.2, 0.25) is 0 Å². The number of fused-ring (bicyclic) bond motifs is 1. The number of imidazole rings is 1. The Morgan fingerprint density at radius 1 is 1.11 bits per heavy atom. The van der Waals surface area contributed by atoms with Gasteiger partial charge in [0.1, 0.15) is 0 Å². The molecule has 0 bridgehead atoms. The summed E-state index contributed by atoms with van der Waals surface area (Å²) < 4.78 is 3.03. The van der Waals surface area contributed by atoms with Crippen LogP contribution in [0.15, 0.2) is 14.7 Å². The topological polar surface area (TPSA) is 110 Å². The molecule has 0 aliphatic heterocycles. The van der Waals surface area contributed by atoms with Crippen molar-refractivity contribution in [1.82, 2.24) is 19.1 Å². The lowest BCUT2D eigenvalue weighted by Crippen LogP contribution is -2.29. The fraction of sp³-hybridized carbons (Fsp3) is 0.667. The first-order valence-electron chi connectivity index (χ1n) is 9.49. The molecule has 8 nitrogen and oxygen atoms in total. The summed E-state index contributed by atoms with van der Waals surface area (Å²) in [6, 6.07) is 0. The molecule has 2 aromatic rings. The number of hydrogen-bond donors (Lipinski definition) is 2. The van der Waals surface area contributed by atoms with Crippen molar-refractivity contribution in [2.45, 2.75) is 70.0 Å². The van der Waals surface area contributed by atoms with E-state index in [4.69, 9.17) is 5.11 Å². The summed E-state index contributed by atoms with van der Waals surface area (Å²) >= 11 is 1.07. The highest BCUT2D eigenvalue weighted by Gasteiger charge is 2.18. The smallest absolute Gasteiger partial charge is 0.329 e. The Morgan fingerprint density at radius 2 is 1.74 bits per heavy atom. The van der Waals surface area contributed by atoms with Crippen molar-refractivity contribution in [3.05, 3.63) is 20.8 Å². The minimum Gasteiger partial charge on any atom is -0.481 e. The van der Waals surface area contributed by atoms with E-state index in [0.29, 0.717) is 17.2 Å². The summed E-state index contributed by atoms with van der Waals surface area (Å²) in [6.07, 6.45) is 9.32. The van der Waals surface area contributed by atoms with Gasteiger partial charge in [0.15, 0.2) is 16.3 Å². The number of carboxylic acid groups (broad SMARTS) is 1. The average Bonchev–Trinajstić information content (AvgIpc) is 2.99. The molecule has 150 valence electrons. The Hall–Kier alpha value is -2.03. The normalized spacial score (nSPS) is 11.3. The monoisotopic (exact) mass is 396 g/mol. The van der Waals surface area contributed by atoms with Gasteiger partial charge in [-0.25, -0.2) is 9.78 Å². The maximum absolute atomic E-state index is 12.3. The molecule has 0 saturated heterocycles. The molecule has 2 aromatic heterocycles. The van der Waals surface area contributed by atoms with Crippen molar-refractivity contribution < 1.29 is 9.90 Å². The minimum absolute atomic E-state index is 0.146. The molecule has 0 amide bonds. The molecule has 27 heavy (non-hydrogen) atoms. The first kappa shape index (κ1) is 21.3. The van der Waals surface area contributed by atoms with Gasteiger partial charge in [-0.05, 0) is 6.42 Å². The molecule has 0 fully saturated rings. The molecule has 0 aliphatic rings. The molecule has 2 N–H and O–H groups in total. The lowest BCUT2D eigenvalue weighted by Gasteiger charge is -2.08. The van der Waals surface area contributed by atoms with Gasteiger partial charge in [0.05, 0.1) is 5.75 Å².